The number of ether oxygens (including phenoxy) is 2. The minimum Gasteiger partial charge on any atom is -0.481 e. The maximum atomic E-state index is 13.7. The van der Waals surface area contributed by atoms with Crippen LogP contribution in [-0.4, -0.2) is 102 Å². The average molecular weight is 524 g/mol. The number of anilines is 1. The average Bonchev–Trinajstić information content (AvgIpc) is 3.16. The summed E-state index contributed by atoms with van der Waals surface area (Å²) in [6.07, 6.45) is 5.24. The van der Waals surface area contributed by atoms with Crippen molar-refractivity contribution in [1.29, 1.82) is 0 Å². The molecule has 204 valence electrons. The third kappa shape index (κ3) is 6.46. The lowest BCUT2D eigenvalue weighted by molar-refractivity contribution is -0.129. The maximum Gasteiger partial charge on any atom is 0.294 e. The van der Waals surface area contributed by atoms with Crippen molar-refractivity contribution in [1.82, 2.24) is 29.3 Å². The lowest BCUT2D eigenvalue weighted by Crippen LogP contribution is -2.43. The summed E-state index contributed by atoms with van der Waals surface area (Å²) in [5.41, 5.74) is 2.39. The van der Waals surface area contributed by atoms with Crippen LogP contribution in [0.5, 0.6) is 5.88 Å². The molecule has 4 rings (SSSR count). The zero-order valence-corrected chi connectivity index (χ0v) is 22.7. The van der Waals surface area contributed by atoms with E-state index in [1.165, 1.54) is 0 Å². The van der Waals surface area contributed by atoms with Gasteiger partial charge in [-0.05, 0) is 38.6 Å². The van der Waals surface area contributed by atoms with E-state index in [2.05, 4.69) is 26.9 Å². The predicted octanol–water partition coefficient (Wildman–Crippen LogP) is 1.89. The molecule has 3 aromatic rings. The molecule has 4 heterocycles. The van der Waals surface area contributed by atoms with Gasteiger partial charge in [0.25, 0.3) is 5.56 Å². The topological polar surface area (TPSA) is 106 Å². The molecule has 3 aromatic heterocycles. The summed E-state index contributed by atoms with van der Waals surface area (Å²) in [6, 6.07) is 5.56. The van der Waals surface area contributed by atoms with Crippen LogP contribution in [0.15, 0.2) is 35.4 Å². The molecular weight excluding hydrogens is 486 g/mol. The number of hydrogen-bond donors (Lipinski definition) is 0. The van der Waals surface area contributed by atoms with Crippen molar-refractivity contribution in [2.75, 3.05) is 72.0 Å². The van der Waals surface area contributed by atoms with E-state index < -0.39 is 0 Å². The molecule has 0 bridgehead atoms. The molecule has 0 spiro atoms. The first-order valence-electron chi connectivity index (χ1n) is 13.1. The quantitative estimate of drug-likeness (QED) is 0.368. The molecule has 0 aromatic carbocycles. The normalized spacial score (nSPS) is 14.5. The Morgan fingerprint density at radius 1 is 1.08 bits per heavy atom. The molecule has 11 nitrogen and oxygen atoms in total. The number of likely N-dealkylation sites (N-methyl/N-ethyl adjacent to an activating group) is 2. The fourth-order valence-electron chi connectivity index (χ4n) is 4.49. The van der Waals surface area contributed by atoms with E-state index in [0.717, 1.165) is 37.1 Å². The number of carbonyl (C=O) groups excluding carboxylic acids is 1. The second-order valence-electron chi connectivity index (χ2n) is 9.55. The van der Waals surface area contributed by atoms with Crippen LogP contribution in [0.1, 0.15) is 19.8 Å². The van der Waals surface area contributed by atoms with Crippen LogP contribution >= 0.6 is 0 Å². The Morgan fingerprint density at radius 3 is 2.63 bits per heavy atom. The summed E-state index contributed by atoms with van der Waals surface area (Å²) in [5, 5.41) is 0. The van der Waals surface area contributed by atoms with E-state index >= 15 is 0 Å². The molecule has 11 heteroatoms. The summed E-state index contributed by atoms with van der Waals surface area (Å²) in [4.78, 5) is 45.9. The Bertz CT molecular complexity index is 1300. The van der Waals surface area contributed by atoms with Gasteiger partial charge in [0.2, 0.25) is 11.8 Å². The highest BCUT2D eigenvalue weighted by atomic mass is 16.5. The number of carbonyl (C=O) groups is 1. The SMILES string of the molecule is CCCOCCn1c(=O)c(N(C)CC(=O)N2CCCN(C)CC2)nc2ncc(-c3ccc(OC)nc3)cc21. The summed E-state index contributed by atoms with van der Waals surface area (Å²) in [5.74, 6) is 0.695. The molecule has 0 N–H and O–H groups in total. The maximum absolute atomic E-state index is 13.7. The highest BCUT2D eigenvalue weighted by molar-refractivity contribution is 5.82. The van der Waals surface area contributed by atoms with Crippen LogP contribution in [0.2, 0.25) is 0 Å². The summed E-state index contributed by atoms with van der Waals surface area (Å²) < 4.78 is 12.5. The van der Waals surface area contributed by atoms with Crippen molar-refractivity contribution in [2.45, 2.75) is 26.3 Å². The molecule has 0 unspecified atom stereocenters. The van der Waals surface area contributed by atoms with Gasteiger partial charge in [-0.25, -0.2) is 15.0 Å². The van der Waals surface area contributed by atoms with E-state index in [4.69, 9.17) is 9.47 Å². The molecule has 0 aliphatic carbocycles. The van der Waals surface area contributed by atoms with E-state index in [1.54, 1.807) is 42.1 Å². The van der Waals surface area contributed by atoms with Gasteiger partial charge in [-0.2, -0.15) is 0 Å². The molecule has 1 saturated heterocycles. The number of rotatable bonds is 10. The highest BCUT2D eigenvalue weighted by Gasteiger charge is 2.22. The monoisotopic (exact) mass is 523 g/mol. The van der Waals surface area contributed by atoms with E-state index in [1.807, 2.05) is 24.0 Å². The number of fused-ring (bicyclic) bond motifs is 1. The lowest BCUT2D eigenvalue weighted by atomic mass is 10.1. The predicted molar refractivity (Wildman–Crippen MR) is 147 cm³/mol. The van der Waals surface area contributed by atoms with E-state index in [0.29, 0.717) is 49.9 Å². The van der Waals surface area contributed by atoms with Crippen LogP contribution in [-0.2, 0) is 16.1 Å². The van der Waals surface area contributed by atoms with Gasteiger partial charge in [0.15, 0.2) is 11.5 Å². The van der Waals surface area contributed by atoms with Gasteiger partial charge in [-0.15, -0.1) is 0 Å². The molecule has 38 heavy (non-hydrogen) atoms. The second kappa shape index (κ2) is 12.8. The first kappa shape index (κ1) is 27.5. The Hall–Kier alpha value is -3.57. The van der Waals surface area contributed by atoms with Crippen molar-refractivity contribution in [2.24, 2.45) is 0 Å². The molecule has 1 amide bonds. The minimum atomic E-state index is -0.282. The zero-order chi connectivity index (χ0) is 27.1. The summed E-state index contributed by atoms with van der Waals surface area (Å²) >= 11 is 0. The third-order valence-electron chi connectivity index (χ3n) is 6.68. The highest BCUT2D eigenvalue weighted by Crippen LogP contribution is 2.23. The second-order valence-corrected chi connectivity index (χ2v) is 9.55. The molecule has 0 radical (unpaired) electrons. The Labute approximate surface area is 223 Å². The van der Waals surface area contributed by atoms with Crippen LogP contribution in [0.25, 0.3) is 22.3 Å². The molecular formula is C27H37N7O4. The van der Waals surface area contributed by atoms with E-state index in [9.17, 15) is 9.59 Å². The van der Waals surface area contributed by atoms with Crippen molar-refractivity contribution in [3.63, 3.8) is 0 Å². The van der Waals surface area contributed by atoms with Gasteiger partial charge in [0.05, 0.1) is 25.8 Å². The van der Waals surface area contributed by atoms with Gasteiger partial charge >= 0.3 is 0 Å². The van der Waals surface area contributed by atoms with Crippen molar-refractivity contribution < 1.29 is 14.3 Å². The van der Waals surface area contributed by atoms with Gasteiger partial charge in [-0.3, -0.25) is 14.2 Å². The number of methoxy groups -OCH3 is 1. The Balaban J connectivity index is 1.65. The van der Waals surface area contributed by atoms with Gasteiger partial charge in [0.1, 0.15) is 0 Å². The van der Waals surface area contributed by atoms with Crippen molar-refractivity contribution in [3.05, 3.63) is 40.9 Å². The molecule has 1 aliphatic rings. The number of amides is 1. The number of hydrogen-bond acceptors (Lipinski definition) is 9. The molecule has 0 saturated carbocycles. The molecule has 1 fully saturated rings. The summed E-state index contributed by atoms with van der Waals surface area (Å²) in [7, 11) is 5.36. The number of pyridine rings is 2. The largest absolute Gasteiger partial charge is 0.481 e. The first-order chi connectivity index (χ1) is 18.4. The fourth-order valence-corrected chi connectivity index (χ4v) is 4.49. The van der Waals surface area contributed by atoms with Gasteiger partial charge in [0, 0.05) is 69.4 Å². The molecule has 1 aliphatic heterocycles. The van der Waals surface area contributed by atoms with Crippen LogP contribution in [0, 0.1) is 0 Å². The van der Waals surface area contributed by atoms with Crippen LogP contribution in [0.3, 0.4) is 0 Å². The lowest BCUT2D eigenvalue weighted by Gasteiger charge is -2.25. The number of nitrogens with zero attached hydrogens (tertiary/aromatic N) is 7. The third-order valence-corrected chi connectivity index (χ3v) is 6.68. The first-order valence-corrected chi connectivity index (χ1v) is 13.1. The summed E-state index contributed by atoms with van der Waals surface area (Å²) in [6.45, 7) is 6.65. The zero-order valence-electron chi connectivity index (χ0n) is 22.7. The fraction of sp³-hybridized carbons (Fsp3) is 0.519. The van der Waals surface area contributed by atoms with E-state index in [-0.39, 0.29) is 23.8 Å². The Kier molecular flexibility index (Phi) is 9.24. The standard InChI is InChI=1S/C27H37N7O4/c1-5-14-38-15-13-34-22-16-21(20-7-8-23(37-4)28-17-20)18-29-25(22)30-26(27(34)36)32(3)19-24(35)33-10-6-9-31(2)11-12-33/h7-8,16-18H,5-6,9-15,19H2,1-4H3. The smallest absolute Gasteiger partial charge is 0.294 e. The Morgan fingerprint density at radius 2 is 1.89 bits per heavy atom. The van der Waals surface area contributed by atoms with Crippen LogP contribution < -0.4 is 15.2 Å². The van der Waals surface area contributed by atoms with Gasteiger partial charge in [-0.1, -0.05) is 6.92 Å². The van der Waals surface area contributed by atoms with Gasteiger partial charge < -0.3 is 24.2 Å². The van der Waals surface area contributed by atoms with Crippen LogP contribution in [0.4, 0.5) is 5.82 Å². The van der Waals surface area contributed by atoms with Crippen molar-refractivity contribution >= 4 is 22.9 Å². The molecule has 0 atom stereocenters. The van der Waals surface area contributed by atoms with Crippen molar-refractivity contribution in [3.8, 4) is 17.0 Å². The minimum absolute atomic E-state index is 0.0164. The number of aromatic nitrogens is 4.